The van der Waals surface area contributed by atoms with Crippen molar-refractivity contribution in [3.05, 3.63) is 33.9 Å². The molecule has 1 N–H and O–H groups in total. The van der Waals surface area contributed by atoms with Gasteiger partial charge < -0.3 is 10.2 Å². The molecule has 2 amide bonds. The smallest absolute Gasteiger partial charge is 0.274 e. The third-order valence-electron chi connectivity index (χ3n) is 4.42. The van der Waals surface area contributed by atoms with Gasteiger partial charge in [0.05, 0.1) is 9.79 Å². The zero-order valence-corrected chi connectivity index (χ0v) is 13.7. The lowest BCUT2D eigenvalue weighted by Crippen LogP contribution is -2.48. The van der Waals surface area contributed by atoms with E-state index in [2.05, 4.69) is 5.32 Å². The van der Waals surface area contributed by atoms with Crippen LogP contribution in [0.1, 0.15) is 25.3 Å². The van der Waals surface area contributed by atoms with Gasteiger partial charge in [-0.2, -0.15) is 0 Å². The van der Waals surface area contributed by atoms with Crippen molar-refractivity contribution < 1.29 is 14.5 Å². The van der Waals surface area contributed by atoms with Gasteiger partial charge in [-0.25, -0.2) is 0 Å². The normalized spacial score (nSPS) is 26.3. The molecule has 0 unspecified atom stereocenters. The number of nitrogens with one attached hydrogen (secondary N) is 1. The molecule has 0 aromatic heterocycles. The molecular weight excluding hydrogens is 318 g/mol. The molecule has 0 radical (unpaired) electrons. The first-order chi connectivity index (χ1) is 10.8. The van der Waals surface area contributed by atoms with Crippen LogP contribution in [-0.2, 0) is 9.59 Å². The van der Waals surface area contributed by atoms with Crippen LogP contribution in [0.2, 0.25) is 0 Å². The van der Waals surface area contributed by atoms with Crippen molar-refractivity contribution in [2.75, 3.05) is 11.1 Å². The van der Waals surface area contributed by atoms with E-state index in [1.165, 1.54) is 6.07 Å². The Balaban J connectivity index is 1.79. The van der Waals surface area contributed by atoms with Crippen LogP contribution in [-0.4, -0.2) is 38.3 Å². The van der Waals surface area contributed by atoms with Gasteiger partial charge in [0.25, 0.3) is 5.69 Å². The maximum Gasteiger partial charge on any atom is 0.274 e. The number of carbonyl (C=O) groups is 2. The van der Waals surface area contributed by atoms with Crippen LogP contribution in [0.25, 0.3) is 0 Å². The topological polar surface area (TPSA) is 92.6 Å². The summed E-state index contributed by atoms with van der Waals surface area (Å²) in [5, 5.41) is 13.7. The van der Waals surface area contributed by atoms with Gasteiger partial charge in [0.2, 0.25) is 11.8 Å². The lowest BCUT2D eigenvalue weighted by Gasteiger charge is -2.29. The summed E-state index contributed by atoms with van der Waals surface area (Å²) < 4.78 is 0. The minimum absolute atomic E-state index is 0.00691. The minimum atomic E-state index is -0.527. The first-order valence-corrected chi connectivity index (χ1v) is 8.32. The third kappa shape index (κ3) is 2.67. The standard InChI is InChI=1S/C15H17N3O4S/c1-9-3-4-10(7-11(9)18(21)22)16-14(20)12-8-23-15(2)6-5-13(19)17(12)15/h3-4,7,12H,5-6,8H2,1-2H3,(H,16,20)/t12-,15+/m1/s1. The van der Waals surface area contributed by atoms with Crippen molar-refractivity contribution in [2.45, 2.75) is 37.6 Å². The number of rotatable bonds is 3. The van der Waals surface area contributed by atoms with E-state index >= 15 is 0 Å². The summed E-state index contributed by atoms with van der Waals surface area (Å²) in [4.78, 5) is 36.5. The van der Waals surface area contributed by atoms with Crippen LogP contribution in [0.4, 0.5) is 11.4 Å². The van der Waals surface area contributed by atoms with Gasteiger partial charge in [0.1, 0.15) is 6.04 Å². The van der Waals surface area contributed by atoms with Crippen LogP contribution in [0, 0.1) is 17.0 Å². The zero-order valence-electron chi connectivity index (χ0n) is 12.9. The van der Waals surface area contributed by atoms with Crippen molar-refractivity contribution in [3.8, 4) is 0 Å². The molecule has 2 fully saturated rings. The molecule has 0 aliphatic carbocycles. The zero-order chi connectivity index (χ0) is 16.8. The number of nitro groups is 1. The SMILES string of the molecule is Cc1ccc(NC(=O)[C@H]2CS[C@@]3(C)CCC(=O)N23)cc1[N+](=O)[O-]. The van der Waals surface area contributed by atoms with Crippen molar-refractivity contribution in [2.24, 2.45) is 0 Å². The molecule has 8 heteroatoms. The average molecular weight is 335 g/mol. The molecule has 2 atom stereocenters. The summed E-state index contributed by atoms with van der Waals surface area (Å²) in [6.07, 6.45) is 1.21. The van der Waals surface area contributed by atoms with E-state index in [1.807, 2.05) is 6.92 Å². The molecule has 7 nitrogen and oxygen atoms in total. The number of hydrogen-bond donors (Lipinski definition) is 1. The van der Waals surface area contributed by atoms with Crippen molar-refractivity contribution in [1.82, 2.24) is 4.90 Å². The Bertz CT molecular complexity index is 708. The Morgan fingerprint density at radius 3 is 2.96 bits per heavy atom. The van der Waals surface area contributed by atoms with E-state index in [1.54, 1.807) is 35.7 Å². The van der Waals surface area contributed by atoms with Gasteiger partial charge in [-0.05, 0) is 26.3 Å². The Morgan fingerprint density at radius 2 is 2.26 bits per heavy atom. The van der Waals surface area contributed by atoms with Gasteiger partial charge in [-0.1, -0.05) is 6.07 Å². The van der Waals surface area contributed by atoms with Crippen molar-refractivity contribution in [1.29, 1.82) is 0 Å². The Labute approximate surface area is 137 Å². The highest BCUT2D eigenvalue weighted by Gasteiger charge is 2.52. The number of thioether (sulfide) groups is 1. The van der Waals surface area contributed by atoms with E-state index in [0.29, 0.717) is 23.4 Å². The Morgan fingerprint density at radius 1 is 1.52 bits per heavy atom. The molecule has 1 aromatic rings. The highest BCUT2D eigenvalue weighted by molar-refractivity contribution is 8.01. The molecule has 1 aromatic carbocycles. The molecule has 0 spiro atoms. The third-order valence-corrected chi connectivity index (χ3v) is 5.93. The summed E-state index contributed by atoms with van der Waals surface area (Å²) in [5.41, 5.74) is 0.870. The average Bonchev–Trinajstić information content (AvgIpc) is 2.98. The fourth-order valence-electron chi connectivity index (χ4n) is 3.12. The summed E-state index contributed by atoms with van der Waals surface area (Å²) in [6.45, 7) is 3.62. The van der Waals surface area contributed by atoms with Crippen LogP contribution in [0.3, 0.4) is 0 Å². The number of amides is 2. The number of anilines is 1. The summed E-state index contributed by atoms with van der Waals surface area (Å²) >= 11 is 1.61. The summed E-state index contributed by atoms with van der Waals surface area (Å²) in [6, 6.07) is 4.05. The second-order valence-corrected chi connectivity index (χ2v) is 7.51. The summed E-state index contributed by atoms with van der Waals surface area (Å²) in [5.74, 6) is 0.240. The first kappa shape index (κ1) is 15.8. The second kappa shape index (κ2) is 5.52. The van der Waals surface area contributed by atoms with Gasteiger partial charge in [0, 0.05) is 29.5 Å². The van der Waals surface area contributed by atoms with Crippen LogP contribution < -0.4 is 5.32 Å². The number of benzene rings is 1. The van der Waals surface area contributed by atoms with Crippen molar-refractivity contribution >= 4 is 35.0 Å². The van der Waals surface area contributed by atoms with Crippen LogP contribution >= 0.6 is 11.8 Å². The Kier molecular flexibility index (Phi) is 3.79. The molecule has 2 saturated heterocycles. The number of hydrogen-bond acceptors (Lipinski definition) is 5. The number of fused-ring (bicyclic) bond motifs is 1. The lowest BCUT2D eigenvalue weighted by atomic mass is 10.1. The fourth-order valence-corrected chi connectivity index (χ4v) is 4.56. The molecule has 23 heavy (non-hydrogen) atoms. The minimum Gasteiger partial charge on any atom is -0.324 e. The van der Waals surface area contributed by atoms with E-state index in [9.17, 15) is 19.7 Å². The lowest BCUT2D eigenvalue weighted by molar-refractivity contribution is -0.385. The largest absolute Gasteiger partial charge is 0.324 e. The highest BCUT2D eigenvalue weighted by atomic mass is 32.2. The van der Waals surface area contributed by atoms with Crippen LogP contribution in [0.5, 0.6) is 0 Å². The van der Waals surface area contributed by atoms with E-state index < -0.39 is 11.0 Å². The number of carbonyl (C=O) groups excluding carboxylic acids is 2. The van der Waals surface area contributed by atoms with Crippen molar-refractivity contribution in [3.63, 3.8) is 0 Å². The van der Waals surface area contributed by atoms with E-state index in [0.717, 1.165) is 6.42 Å². The predicted molar refractivity (Wildman–Crippen MR) is 87.2 cm³/mol. The molecular formula is C15H17N3O4S. The number of nitrogens with zero attached hydrogens (tertiary/aromatic N) is 2. The molecule has 2 aliphatic heterocycles. The molecule has 2 heterocycles. The number of aryl methyl sites for hydroxylation is 1. The molecule has 0 saturated carbocycles. The highest BCUT2D eigenvalue weighted by Crippen LogP contribution is 2.47. The number of nitro benzene ring substituents is 1. The predicted octanol–water partition coefficient (Wildman–Crippen LogP) is 2.30. The maximum atomic E-state index is 12.5. The Hall–Kier alpha value is -2.09. The van der Waals surface area contributed by atoms with E-state index in [4.69, 9.17) is 0 Å². The second-order valence-electron chi connectivity index (χ2n) is 6.01. The van der Waals surface area contributed by atoms with Gasteiger partial charge in [-0.15, -0.1) is 11.8 Å². The summed E-state index contributed by atoms with van der Waals surface area (Å²) in [7, 11) is 0. The van der Waals surface area contributed by atoms with Crippen LogP contribution in [0.15, 0.2) is 18.2 Å². The molecule has 2 aliphatic rings. The molecule has 122 valence electrons. The molecule has 0 bridgehead atoms. The molecule has 3 rings (SSSR count). The van der Waals surface area contributed by atoms with Gasteiger partial charge in [-0.3, -0.25) is 19.7 Å². The van der Waals surface area contributed by atoms with Gasteiger partial charge >= 0.3 is 0 Å². The van der Waals surface area contributed by atoms with E-state index in [-0.39, 0.29) is 22.4 Å². The fraction of sp³-hybridized carbons (Fsp3) is 0.467. The maximum absolute atomic E-state index is 12.5. The monoisotopic (exact) mass is 335 g/mol. The van der Waals surface area contributed by atoms with Gasteiger partial charge in [0.15, 0.2) is 0 Å². The first-order valence-electron chi connectivity index (χ1n) is 7.34. The quantitative estimate of drug-likeness (QED) is 0.676.